The summed E-state index contributed by atoms with van der Waals surface area (Å²) in [6, 6.07) is 4.74. The van der Waals surface area contributed by atoms with Crippen molar-refractivity contribution in [3.63, 3.8) is 0 Å². The van der Waals surface area contributed by atoms with Gasteiger partial charge in [0.25, 0.3) is 9.05 Å². The summed E-state index contributed by atoms with van der Waals surface area (Å²) in [6.45, 7) is 1.75. The molecule has 0 radical (unpaired) electrons. The molecule has 17 heavy (non-hydrogen) atoms. The van der Waals surface area contributed by atoms with Crippen molar-refractivity contribution in [2.45, 2.75) is 11.8 Å². The molecule has 1 aromatic carbocycles. The van der Waals surface area contributed by atoms with Gasteiger partial charge in [-0.15, -0.1) is 0 Å². The van der Waals surface area contributed by atoms with Crippen molar-refractivity contribution >= 4 is 31.8 Å². The predicted molar refractivity (Wildman–Crippen MR) is 65.3 cm³/mol. The van der Waals surface area contributed by atoms with Crippen molar-refractivity contribution in [1.29, 1.82) is 0 Å². The second kappa shape index (κ2) is 5.33. The standard InChI is InChI=1S/C11H11ClO4S/c1-8-3-4-9(5-6-11(13)16-2)10(7-8)17(12,14)15/h3-7H,1-2H3/b6-5+. The molecule has 1 rings (SSSR count). The Morgan fingerprint density at radius 3 is 2.59 bits per heavy atom. The fourth-order valence-electron chi connectivity index (χ4n) is 1.22. The molecule has 0 aliphatic carbocycles. The second-order valence-corrected chi connectivity index (χ2v) is 5.87. The molecule has 0 saturated carbocycles. The Balaban J connectivity index is 3.26. The van der Waals surface area contributed by atoms with E-state index >= 15 is 0 Å². The SMILES string of the molecule is COC(=O)/C=C/c1ccc(C)cc1S(=O)(=O)Cl. The Morgan fingerprint density at radius 1 is 1.41 bits per heavy atom. The molecule has 0 saturated heterocycles. The largest absolute Gasteiger partial charge is 0.466 e. The molecule has 6 heteroatoms. The van der Waals surface area contributed by atoms with Crippen molar-refractivity contribution in [2.75, 3.05) is 7.11 Å². The normalized spacial score (nSPS) is 11.7. The number of rotatable bonds is 3. The van der Waals surface area contributed by atoms with Crippen LogP contribution < -0.4 is 0 Å². The third-order valence-corrected chi connectivity index (χ3v) is 3.41. The minimum atomic E-state index is -3.84. The zero-order valence-corrected chi connectivity index (χ0v) is 10.9. The number of benzene rings is 1. The maximum Gasteiger partial charge on any atom is 0.330 e. The Kier molecular flexibility index (Phi) is 4.31. The number of aryl methyl sites for hydroxylation is 1. The summed E-state index contributed by atoms with van der Waals surface area (Å²) >= 11 is 0. The van der Waals surface area contributed by atoms with Gasteiger partial charge in [-0.05, 0) is 30.2 Å². The van der Waals surface area contributed by atoms with Gasteiger partial charge in [0.05, 0.1) is 12.0 Å². The minimum Gasteiger partial charge on any atom is -0.466 e. The molecule has 0 amide bonds. The molecule has 0 bridgehead atoms. The zero-order valence-electron chi connectivity index (χ0n) is 9.31. The van der Waals surface area contributed by atoms with Gasteiger partial charge in [-0.3, -0.25) is 0 Å². The number of hydrogen-bond acceptors (Lipinski definition) is 4. The summed E-state index contributed by atoms with van der Waals surface area (Å²) in [5.41, 5.74) is 1.11. The van der Waals surface area contributed by atoms with Gasteiger partial charge in [-0.2, -0.15) is 0 Å². The summed E-state index contributed by atoms with van der Waals surface area (Å²) in [5, 5.41) is 0. The third kappa shape index (κ3) is 3.87. The van der Waals surface area contributed by atoms with E-state index in [4.69, 9.17) is 10.7 Å². The molecule has 4 nitrogen and oxygen atoms in total. The van der Waals surface area contributed by atoms with Gasteiger partial charge in [-0.1, -0.05) is 12.1 Å². The van der Waals surface area contributed by atoms with Gasteiger partial charge in [0.2, 0.25) is 0 Å². The monoisotopic (exact) mass is 274 g/mol. The first-order valence-electron chi connectivity index (χ1n) is 4.66. The van der Waals surface area contributed by atoms with Crippen molar-refractivity contribution in [3.05, 3.63) is 35.4 Å². The predicted octanol–water partition coefficient (Wildman–Crippen LogP) is 2.11. The van der Waals surface area contributed by atoms with Gasteiger partial charge in [-0.25, -0.2) is 13.2 Å². The first-order chi connectivity index (χ1) is 7.84. The summed E-state index contributed by atoms with van der Waals surface area (Å²) < 4.78 is 27.1. The van der Waals surface area contributed by atoms with E-state index in [2.05, 4.69) is 4.74 Å². The molecule has 0 N–H and O–H groups in total. The highest BCUT2D eigenvalue weighted by Crippen LogP contribution is 2.22. The summed E-state index contributed by atoms with van der Waals surface area (Å²) in [5.74, 6) is -0.566. The van der Waals surface area contributed by atoms with Crippen LogP contribution in [0.3, 0.4) is 0 Å². The molecule has 0 aromatic heterocycles. The lowest BCUT2D eigenvalue weighted by molar-refractivity contribution is -0.134. The molecule has 92 valence electrons. The van der Waals surface area contributed by atoms with Gasteiger partial charge in [0, 0.05) is 16.8 Å². The second-order valence-electron chi connectivity index (χ2n) is 3.34. The van der Waals surface area contributed by atoms with E-state index in [-0.39, 0.29) is 4.90 Å². The Labute approximate surface area is 104 Å². The molecule has 0 aliphatic rings. The number of ether oxygens (including phenoxy) is 1. The molecule has 0 fully saturated rings. The van der Waals surface area contributed by atoms with Crippen LogP contribution in [-0.4, -0.2) is 21.5 Å². The lowest BCUT2D eigenvalue weighted by Crippen LogP contribution is -1.97. The van der Waals surface area contributed by atoms with Crippen LogP contribution in [0.4, 0.5) is 0 Å². The van der Waals surface area contributed by atoms with E-state index in [1.165, 1.54) is 19.3 Å². The van der Waals surface area contributed by atoms with Crippen LogP contribution in [0, 0.1) is 6.92 Å². The highest BCUT2D eigenvalue weighted by atomic mass is 35.7. The highest BCUT2D eigenvalue weighted by Gasteiger charge is 2.14. The van der Waals surface area contributed by atoms with Crippen LogP contribution in [0.1, 0.15) is 11.1 Å². The van der Waals surface area contributed by atoms with Crippen molar-refractivity contribution in [2.24, 2.45) is 0 Å². The van der Waals surface area contributed by atoms with Crippen LogP contribution in [-0.2, 0) is 18.6 Å². The van der Waals surface area contributed by atoms with Gasteiger partial charge in [0.15, 0.2) is 0 Å². The van der Waals surface area contributed by atoms with Crippen molar-refractivity contribution in [1.82, 2.24) is 0 Å². The zero-order chi connectivity index (χ0) is 13.1. The maximum absolute atomic E-state index is 11.3. The third-order valence-electron chi connectivity index (χ3n) is 2.03. The topological polar surface area (TPSA) is 60.4 Å². The molecule has 0 spiro atoms. The Morgan fingerprint density at radius 2 is 2.06 bits per heavy atom. The number of carbonyl (C=O) groups is 1. The first-order valence-corrected chi connectivity index (χ1v) is 6.97. The lowest BCUT2D eigenvalue weighted by atomic mass is 10.1. The first kappa shape index (κ1) is 13.7. The van der Waals surface area contributed by atoms with Crippen molar-refractivity contribution < 1.29 is 17.9 Å². The molecule has 0 aliphatic heterocycles. The minimum absolute atomic E-state index is 0.0284. The van der Waals surface area contributed by atoms with Crippen LogP contribution in [0.25, 0.3) is 6.08 Å². The number of esters is 1. The fourth-order valence-corrected chi connectivity index (χ4v) is 2.36. The molecule has 0 atom stereocenters. The van der Waals surface area contributed by atoms with Crippen LogP contribution in [0.2, 0.25) is 0 Å². The number of carbonyl (C=O) groups excluding carboxylic acids is 1. The Bertz CT molecular complexity index is 561. The van der Waals surface area contributed by atoms with Crippen LogP contribution >= 0.6 is 10.7 Å². The lowest BCUT2D eigenvalue weighted by Gasteiger charge is -2.03. The van der Waals surface area contributed by atoms with Gasteiger partial charge in [0.1, 0.15) is 0 Å². The van der Waals surface area contributed by atoms with E-state index in [1.54, 1.807) is 19.1 Å². The smallest absolute Gasteiger partial charge is 0.330 e. The van der Waals surface area contributed by atoms with Crippen LogP contribution in [0.5, 0.6) is 0 Å². The molecular formula is C11H11ClO4S. The summed E-state index contributed by atoms with van der Waals surface area (Å²) in [7, 11) is 2.70. The van der Waals surface area contributed by atoms with Gasteiger partial charge >= 0.3 is 5.97 Å². The molecule has 1 aromatic rings. The van der Waals surface area contributed by atoms with E-state index in [0.717, 1.165) is 11.6 Å². The Hall–Kier alpha value is -1.33. The van der Waals surface area contributed by atoms with E-state index in [1.807, 2.05) is 0 Å². The van der Waals surface area contributed by atoms with Gasteiger partial charge < -0.3 is 4.74 Å². The van der Waals surface area contributed by atoms with Crippen molar-refractivity contribution in [3.8, 4) is 0 Å². The number of hydrogen-bond donors (Lipinski definition) is 0. The quantitative estimate of drug-likeness (QED) is 0.481. The number of halogens is 1. The van der Waals surface area contributed by atoms with E-state index in [9.17, 15) is 13.2 Å². The molecule has 0 heterocycles. The summed E-state index contributed by atoms with van der Waals surface area (Å²) in [4.78, 5) is 10.9. The average Bonchev–Trinajstić information content (AvgIpc) is 2.25. The highest BCUT2D eigenvalue weighted by molar-refractivity contribution is 8.13. The number of methoxy groups -OCH3 is 1. The average molecular weight is 275 g/mol. The maximum atomic E-state index is 11.3. The van der Waals surface area contributed by atoms with E-state index in [0.29, 0.717) is 5.56 Å². The summed E-state index contributed by atoms with van der Waals surface area (Å²) in [6.07, 6.45) is 2.48. The van der Waals surface area contributed by atoms with E-state index < -0.39 is 15.0 Å². The molecule has 0 unspecified atom stereocenters. The fraction of sp³-hybridized carbons (Fsp3) is 0.182. The molecular weight excluding hydrogens is 264 g/mol. The van der Waals surface area contributed by atoms with Crippen LogP contribution in [0.15, 0.2) is 29.2 Å².